The highest BCUT2D eigenvalue weighted by atomic mass is 32.2. The molecule has 0 saturated carbocycles. The van der Waals surface area contributed by atoms with Crippen molar-refractivity contribution in [2.45, 2.75) is 11.8 Å². The van der Waals surface area contributed by atoms with Crippen LogP contribution in [-0.2, 0) is 19.6 Å². The van der Waals surface area contributed by atoms with Crippen molar-refractivity contribution in [2.24, 2.45) is 0 Å². The standard InChI is InChI=1S/C20H26N4O4S/c1-16-4-5-18(17-3-2-6-21-20(16)17)29(26,27)24-9-7-23(8-10-24)19(25)15-22-11-13-28-14-12-22/h2-6H,7-15H2,1H3. The average Bonchev–Trinajstić information content (AvgIpc) is 2.75. The Morgan fingerprint density at radius 1 is 1.07 bits per heavy atom. The lowest BCUT2D eigenvalue weighted by Crippen LogP contribution is -2.53. The number of piperazine rings is 1. The zero-order valence-electron chi connectivity index (χ0n) is 16.6. The van der Waals surface area contributed by atoms with Gasteiger partial charge in [0, 0.05) is 50.9 Å². The number of fused-ring (bicyclic) bond motifs is 1. The first-order valence-corrected chi connectivity index (χ1v) is 11.3. The predicted molar refractivity (Wildman–Crippen MR) is 109 cm³/mol. The smallest absolute Gasteiger partial charge is 0.243 e. The summed E-state index contributed by atoms with van der Waals surface area (Å²) in [6.45, 7) is 6.52. The fourth-order valence-electron chi connectivity index (χ4n) is 3.88. The van der Waals surface area contributed by atoms with Crippen LogP contribution in [0.15, 0.2) is 35.4 Å². The van der Waals surface area contributed by atoms with Crippen molar-refractivity contribution < 1.29 is 17.9 Å². The second-order valence-electron chi connectivity index (χ2n) is 7.45. The summed E-state index contributed by atoms with van der Waals surface area (Å²) in [5.41, 5.74) is 1.64. The highest BCUT2D eigenvalue weighted by Gasteiger charge is 2.32. The quantitative estimate of drug-likeness (QED) is 0.727. The Balaban J connectivity index is 1.45. The number of benzene rings is 1. The molecule has 2 aromatic rings. The Bertz CT molecular complexity index is 997. The van der Waals surface area contributed by atoms with Gasteiger partial charge in [0.2, 0.25) is 15.9 Å². The fraction of sp³-hybridized carbons (Fsp3) is 0.500. The van der Waals surface area contributed by atoms with Crippen molar-refractivity contribution in [2.75, 3.05) is 59.0 Å². The van der Waals surface area contributed by atoms with Crippen molar-refractivity contribution in [3.8, 4) is 0 Å². The van der Waals surface area contributed by atoms with E-state index in [9.17, 15) is 13.2 Å². The number of carbonyl (C=O) groups excluding carboxylic acids is 1. The SMILES string of the molecule is Cc1ccc(S(=O)(=O)N2CCN(C(=O)CN3CCOCC3)CC2)c2cccnc12. The van der Waals surface area contributed by atoms with Gasteiger partial charge in [-0.2, -0.15) is 4.31 Å². The topological polar surface area (TPSA) is 83.1 Å². The average molecular weight is 419 g/mol. The molecule has 0 atom stereocenters. The minimum Gasteiger partial charge on any atom is -0.379 e. The van der Waals surface area contributed by atoms with Gasteiger partial charge in [0.05, 0.1) is 30.2 Å². The number of rotatable bonds is 4. The molecule has 0 N–H and O–H groups in total. The number of morpholine rings is 1. The summed E-state index contributed by atoms with van der Waals surface area (Å²) in [7, 11) is -3.65. The zero-order chi connectivity index (χ0) is 20.4. The summed E-state index contributed by atoms with van der Waals surface area (Å²) in [6.07, 6.45) is 1.67. The monoisotopic (exact) mass is 418 g/mol. The third kappa shape index (κ3) is 4.13. The number of hydrogen-bond donors (Lipinski definition) is 0. The van der Waals surface area contributed by atoms with Crippen molar-refractivity contribution >= 4 is 26.8 Å². The van der Waals surface area contributed by atoms with Crippen LogP contribution in [0.4, 0.5) is 0 Å². The Kier molecular flexibility index (Phi) is 5.82. The molecule has 2 saturated heterocycles. The van der Waals surface area contributed by atoms with Crippen molar-refractivity contribution in [1.82, 2.24) is 19.1 Å². The van der Waals surface area contributed by atoms with E-state index in [2.05, 4.69) is 9.88 Å². The van der Waals surface area contributed by atoms with Crippen LogP contribution in [0, 0.1) is 6.92 Å². The van der Waals surface area contributed by atoms with Crippen LogP contribution in [0.3, 0.4) is 0 Å². The number of hydrogen-bond acceptors (Lipinski definition) is 6. The van der Waals surface area contributed by atoms with Crippen LogP contribution in [0.25, 0.3) is 10.9 Å². The van der Waals surface area contributed by atoms with E-state index in [4.69, 9.17) is 4.74 Å². The van der Waals surface area contributed by atoms with Crippen molar-refractivity contribution in [3.63, 3.8) is 0 Å². The van der Waals surface area contributed by atoms with Crippen LogP contribution < -0.4 is 0 Å². The summed E-state index contributed by atoms with van der Waals surface area (Å²) >= 11 is 0. The van der Waals surface area contributed by atoms with Gasteiger partial charge in [-0.25, -0.2) is 8.42 Å². The maximum atomic E-state index is 13.3. The van der Waals surface area contributed by atoms with Crippen molar-refractivity contribution in [3.05, 3.63) is 36.0 Å². The van der Waals surface area contributed by atoms with Crippen LogP contribution in [0.5, 0.6) is 0 Å². The van der Waals surface area contributed by atoms with Crippen LogP contribution in [0.1, 0.15) is 5.56 Å². The van der Waals surface area contributed by atoms with E-state index in [0.29, 0.717) is 56.8 Å². The summed E-state index contributed by atoms with van der Waals surface area (Å²) in [6, 6.07) is 7.00. The summed E-state index contributed by atoms with van der Waals surface area (Å²) in [5.74, 6) is 0.0499. The molecule has 1 aromatic heterocycles. The van der Waals surface area contributed by atoms with Gasteiger partial charge in [0.25, 0.3) is 0 Å². The molecule has 2 aliphatic heterocycles. The van der Waals surface area contributed by atoms with E-state index in [1.54, 1.807) is 35.4 Å². The maximum Gasteiger partial charge on any atom is 0.243 e. The number of aryl methyl sites for hydroxylation is 1. The summed E-state index contributed by atoms with van der Waals surface area (Å²) in [5, 5.41) is 0.637. The fourth-order valence-corrected chi connectivity index (χ4v) is 5.49. The molecule has 0 spiro atoms. The van der Waals surface area contributed by atoms with Gasteiger partial charge >= 0.3 is 0 Å². The Hall–Kier alpha value is -2.07. The molecular formula is C20H26N4O4S. The molecule has 9 heteroatoms. The molecule has 8 nitrogen and oxygen atoms in total. The molecular weight excluding hydrogens is 392 g/mol. The molecule has 0 unspecified atom stereocenters. The lowest BCUT2D eigenvalue weighted by molar-refractivity contribution is -0.134. The molecule has 1 amide bonds. The number of ether oxygens (including phenoxy) is 1. The minimum absolute atomic E-state index is 0.0499. The molecule has 1 aromatic carbocycles. The minimum atomic E-state index is -3.65. The predicted octanol–water partition coefficient (Wildman–Crippen LogP) is 0.708. The first kappa shape index (κ1) is 20.2. The highest BCUT2D eigenvalue weighted by Crippen LogP contribution is 2.27. The number of amides is 1. The third-order valence-corrected chi connectivity index (χ3v) is 7.56. The van der Waals surface area contributed by atoms with Gasteiger partial charge in [0.1, 0.15) is 0 Å². The van der Waals surface area contributed by atoms with E-state index in [-0.39, 0.29) is 10.8 Å². The van der Waals surface area contributed by atoms with Gasteiger partial charge in [-0.15, -0.1) is 0 Å². The molecule has 4 rings (SSSR count). The Labute approximate surface area is 171 Å². The molecule has 0 bridgehead atoms. The number of aromatic nitrogens is 1. The first-order valence-electron chi connectivity index (χ1n) is 9.89. The van der Waals surface area contributed by atoms with Gasteiger partial charge < -0.3 is 9.64 Å². The zero-order valence-corrected chi connectivity index (χ0v) is 17.4. The normalized spacial score (nSPS) is 19.6. The maximum absolute atomic E-state index is 13.3. The van der Waals surface area contributed by atoms with E-state index in [1.807, 2.05) is 6.92 Å². The molecule has 2 fully saturated rings. The summed E-state index contributed by atoms with van der Waals surface area (Å²) in [4.78, 5) is 21.0. The molecule has 29 heavy (non-hydrogen) atoms. The van der Waals surface area contributed by atoms with E-state index in [0.717, 1.165) is 18.7 Å². The molecule has 2 aliphatic rings. The largest absolute Gasteiger partial charge is 0.379 e. The second-order valence-corrected chi connectivity index (χ2v) is 9.36. The van der Waals surface area contributed by atoms with E-state index < -0.39 is 10.0 Å². The lowest BCUT2D eigenvalue weighted by atomic mass is 10.1. The van der Waals surface area contributed by atoms with Crippen LogP contribution in [-0.4, -0.2) is 92.4 Å². The lowest BCUT2D eigenvalue weighted by Gasteiger charge is -2.35. The molecule has 0 aliphatic carbocycles. The Morgan fingerprint density at radius 3 is 2.52 bits per heavy atom. The number of nitrogens with zero attached hydrogens (tertiary/aromatic N) is 4. The number of pyridine rings is 1. The van der Waals surface area contributed by atoms with Crippen LogP contribution in [0.2, 0.25) is 0 Å². The summed E-state index contributed by atoms with van der Waals surface area (Å²) < 4.78 is 33.3. The first-order chi connectivity index (χ1) is 14.0. The third-order valence-electron chi connectivity index (χ3n) is 5.60. The second kappa shape index (κ2) is 8.35. The van der Waals surface area contributed by atoms with E-state index >= 15 is 0 Å². The van der Waals surface area contributed by atoms with Crippen LogP contribution >= 0.6 is 0 Å². The molecule has 0 radical (unpaired) electrons. The van der Waals surface area contributed by atoms with Gasteiger partial charge in [-0.05, 0) is 30.7 Å². The highest BCUT2D eigenvalue weighted by molar-refractivity contribution is 7.89. The number of sulfonamides is 1. The Morgan fingerprint density at radius 2 is 1.79 bits per heavy atom. The molecule has 3 heterocycles. The van der Waals surface area contributed by atoms with Gasteiger partial charge in [0.15, 0.2) is 0 Å². The van der Waals surface area contributed by atoms with Gasteiger partial charge in [-0.1, -0.05) is 6.07 Å². The number of carbonyl (C=O) groups is 1. The van der Waals surface area contributed by atoms with E-state index in [1.165, 1.54) is 4.31 Å². The molecule has 156 valence electrons. The van der Waals surface area contributed by atoms with Crippen molar-refractivity contribution in [1.29, 1.82) is 0 Å². The van der Waals surface area contributed by atoms with Gasteiger partial charge in [-0.3, -0.25) is 14.7 Å².